The quantitative estimate of drug-likeness (QED) is 0.758. The standard InChI is InChI=1S/C18H23N5O3/c19-10-16(24)20-12-18(25)23-8-6-22(7-9-23)13-17-21-11-15(26-17)14-4-2-1-3-5-14/h1-5,11H,6-10,12-13,19H2,(H,20,24). The minimum atomic E-state index is -0.324. The van der Waals surface area contributed by atoms with E-state index in [-0.39, 0.29) is 24.9 Å². The predicted octanol–water partition coefficient (Wildman–Crippen LogP) is 0.0607. The fourth-order valence-electron chi connectivity index (χ4n) is 2.82. The van der Waals surface area contributed by atoms with Gasteiger partial charge in [0, 0.05) is 31.7 Å². The van der Waals surface area contributed by atoms with Crippen LogP contribution >= 0.6 is 0 Å². The lowest BCUT2D eigenvalue weighted by molar-refractivity contribution is -0.134. The minimum absolute atomic E-state index is 0.00376. The molecule has 2 heterocycles. The lowest BCUT2D eigenvalue weighted by Gasteiger charge is -2.34. The van der Waals surface area contributed by atoms with Gasteiger partial charge in [-0.2, -0.15) is 0 Å². The number of hydrogen-bond acceptors (Lipinski definition) is 6. The van der Waals surface area contributed by atoms with Crippen LogP contribution in [0.3, 0.4) is 0 Å². The van der Waals surface area contributed by atoms with Crippen molar-refractivity contribution in [3.05, 3.63) is 42.4 Å². The van der Waals surface area contributed by atoms with Gasteiger partial charge in [0.25, 0.3) is 0 Å². The molecule has 3 N–H and O–H groups in total. The second-order valence-corrected chi connectivity index (χ2v) is 6.12. The van der Waals surface area contributed by atoms with Crippen LogP contribution in [0.25, 0.3) is 11.3 Å². The highest BCUT2D eigenvalue weighted by molar-refractivity contribution is 5.85. The van der Waals surface area contributed by atoms with Gasteiger partial charge in [-0.1, -0.05) is 30.3 Å². The SMILES string of the molecule is NCC(=O)NCC(=O)N1CCN(Cc2ncc(-c3ccccc3)o2)CC1. The Morgan fingerprint density at radius 3 is 2.58 bits per heavy atom. The fourth-order valence-corrected chi connectivity index (χ4v) is 2.82. The minimum Gasteiger partial charge on any atom is -0.439 e. The second kappa shape index (κ2) is 8.59. The van der Waals surface area contributed by atoms with E-state index in [0.29, 0.717) is 25.5 Å². The molecule has 0 saturated carbocycles. The van der Waals surface area contributed by atoms with Crippen molar-refractivity contribution in [1.29, 1.82) is 0 Å². The number of benzene rings is 1. The maximum absolute atomic E-state index is 12.1. The van der Waals surface area contributed by atoms with E-state index in [0.717, 1.165) is 24.4 Å². The van der Waals surface area contributed by atoms with Crippen molar-refractivity contribution < 1.29 is 14.0 Å². The Balaban J connectivity index is 1.46. The number of aromatic nitrogens is 1. The summed E-state index contributed by atoms with van der Waals surface area (Å²) < 4.78 is 5.83. The van der Waals surface area contributed by atoms with Gasteiger partial charge in [0.05, 0.1) is 25.8 Å². The van der Waals surface area contributed by atoms with E-state index in [1.165, 1.54) is 0 Å². The van der Waals surface area contributed by atoms with Crippen LogP contribution < -0.4 is 11.1 Å². The molecule has 2 amide bonds. The van der Waals surface area contributed by atoms with Crippen molar-refractivity contribution >= 4 is 11.8 Å². The summed E-state index contributed by atoms with van der Waals surface area (Å²) in [7, 11) is 0. The Morgan fingerprint density at radius 1 is 1.15 bits per heavy atom. The molecule has 1 aliphatic heterocycles. The number of rotatable bonds is 6. The molecule has 1 aromatic carbocycles. The maximum Gasteiger partial charge on any atom is 0.242 e. The Bertz CT molecular complexity index is 738. The van der Waals surface area contributed by atoms with Crippen LogP contribution in [0.1, 0.15) is 5.89 Å². The van der Waals surface area contributed by atoms with Gasteiger partial charge in [-0.3, -0.25) is 14.5 Å². The second-order valence-electron chi connectivity index (χ2n) is 6.12. The highest BCUT2D eigenvalue weighted by atomic mass is 16.4. The number of carbonyl (C=O) groups is 2. The third kappa shape index (κ3) is 4.68. The Hall–Kier alpha value is -2.71. The first-order valence-corrected chi connectivity index (χ1v) is 8.62. The fraction of sp³-hybridized carbons (Fsp3) is 0.389. The topological polar surface area (TPSA) is 105 Å². The van der Waals surface area contributed by atoms with E-state index < -0.39 is 0 Å². The molecule has 8 heteroatoms. The average Bonchev–Trinajstić information content (AvgIpc) is 3.15. The van der Waals surface area contributed by atoms with Gasteiger partial charge in [0.15, 0.2) is 5.76 Å². The van der Waals surface area contributed by atoms with Crippen molar-refractivity contribution in [2.45, 2.75) is 6.54 Å². The summed E-state index contributed by atoms with van der Waals surface area (Å²) in [6, 6.07) is 9.85. The third-order valence-electron chi connectivity index (χ3n) is 4.32. The molecule has 0 unspecified atom stereocenters. The van der Waals surface area contributed by atoms with Crippen molar-refractivity contribution in [3.63, 3.8) is 0 Å². The number of hydrogen-bond donors (Lipinski definition) is 2. The van der Waals surface area contributed by atoms with Crippen molar-refractivity contribution in [2.75, 3.05) is 39.3 Å². The summed E-state index contributed by atoms with van der Waals surface area (Å²) in [5.41, 5.74) is 6.21. The zero-order valence-corrected chi connectivity index (χ0v) is 14.6. The summed E-state index contributed by atoms with van der Waals surface area (Å²) in [5, 5.41) is 2.51. The first kappa shape index (κ1) is 18.1. The number of nitrogens with two attached hydrogens (primary N) is 1. The predicted molar refractivity (Wildman–Crippen MR) is 95.9 cm³/mol. The number of amides is 2. The van der Waals surface area contributed by atoms with Crippen LogP contribution in [-0.4, -0.2) is 65.9 Å². The molecule has 138 valence electrons. The van der Waals surface area contributed by atoms with E-state index >= 15 is 0 Å². The molecule has 26 heavy (non-hydrogen) atoms. The molecular formula is C18H23N5O3. The first-order valence-electron chi connectivity index (χ1n) is 8.62. The molecule has 8 nitrogen and oxygen atoms in total. The van der Waals surface area contributed by atoms with Gasteiger partial charge in [-0.15, -0.1) is 0 Å². The number of piperazine rings is 1. The van der Waals surface area contributed by atoms with Crippen LogP contribution in [0.2, 0.25) is 0 Å². The summed E-state index contributed by atoms with van der Waals surface area (Å²) in [6.07, 6.45) is 1.74. The van der Waals surface area contributed by atoms with Crippen LogP contribution in [-0.2, 0) is 16.1 Å². The molecule has 1 aromatic heterocycles. The zero-order valence-electron chi connectivity index (χ0n) is 14.6. The van der Waals surface area contributed by atoms with Crippen LogP contribution in [0.5, 0.6) is 0 Å². The maximum atomic E-state index is 12.1. The van der Waals surface area contributed by atoms with E-state index in [2.05, 4.69) is 15.2 Å². The lowest BCUT2D eigenvalue weighted by Crippen LogP contribution is -2.51. The number of nitrogens with zero attached hydrogens (tertiary/aromatic N) is 3. The molecule has 1 saturated heterocycles. The zero-order chi connectivity index (χ0) is 18.4. The van der Waals surface area contributed by atoms with Crippen LogP contribution in [0.15, 0.2) is 40.9 Å². The van der Waals surface area contributed by atoms with Gasteiger partial charge >= 0.3 is 0 Å². The number of carbonyl (C=O) groups excluding carboxylic acids is 2. The Morgan fingerprint density at radius 2 is 1.88 bits per heavy atom. The van der Waals surface area contributed by atoms with Gasteiger partial charge in [-0.05, 0) is 0 Å². The molecule has 0 radical (unpaired) electrons. The largest absolute Gasteiger partial charge is 0.439 e. The molecule has 0 aliphatic carbocycles. The molecule has 3 rings (SSSR count). The van der Waals surface area contributed by atoms with Crippen molar-refractivity contribution in [1.82, 2.24) is 20.1 Å². The van der Waals surface area contributed by atoms with Crippen LogP contribution in [0.4, 0.5) is 0 Å². The third-order valence-corrected chi connectivity index (χ3v) is 4.32. The van der Waals surface area contributed by atoms with Gasteiger partial charge in [-0.25, -0.2) is 4.98 Å². The highest BCUT2D eigenvalue weighted by Crippen LogP contribution is 2.20. The van der Waals surface area contributed by atoms with Gasteiger partial charge in [0.2, 0.25) is 17.7 Å². The highest BCUT2D eigenvalue weighted by Gasteiger charge is 2.22. The summed E-state index contributed by atoms with van der Waals surface area (Å²) >= 11 is 0. The smallest absolute Gasteiger partial charge is 0.242 e. The molecule has 2 aromatic rings. The average molecular weight is 357 g/mol. The summed E-state index contributed by atoms with van der Waals surface area (Å²) in [5.74, 6) is 1.01. The lowest BCUT2D eigenvalue weighted by atomic mass is 10.2. The van der Waals surface area contributed by atoms with Crippen molar-refractivity contribution in [3.8, 4) is 11.3 Å². The molecule has 1 aliphatic rings. The Kier molecular flexibility index (Phi) is 5.98. The van der Waals surface area contributed by atoms with E-state index in [9.17, 15) is 9.59 Å². The Labute approximate surface area is 152 Å². The van der Waals surface area contributed by atoms with Gasteiger partial charge in [0.1, 0.15) is 0 Å². The molecule has 0 bridgehead atoms. The van der Waals surface area contributed by atoms with E-state index in [4.69, 9.17) is 10.2 Å². The number of nitrogens with one attached hydrogen (secondary N) is 1. The van der Waals surface area contributed by atoms with Crippen molar-refractivity contribution in [2.24, 2.45) is 5.73 Å². The molecule has 0 spiro atoms. The first-order chi connectivity index (χ1) is 12.7. The van der Waals surface area contributed by atoms with E-state index in [1.807, 2.05) is 30.3 Å². The molecular weight excluding hydrogens is 334 g/mol. The van der Waals surface area contributed by atoms with Gasteiger partial charge < -0.3 is 20.4 Å². The normalized spacial score (nSPS) is 15.0. The molecule has 1 fully saturated rings. The number of oxazole rings is 1. The molecule has 0 atom stereocenters. The van der Waals surface area contributed by atoms with E-state index in [1.54, 1.807) is 11.1 Å². The van der Waals surface area contributed by atoms with Crippen LogP contribution in [0, 0.1) is 0 Å². The monoisotopic (exact) mass is 357 g/mol. The summed E-state index contributed by atoms with van der Waals surface area (Å²) in [4.78, 5) is 31.5. The summed E-state index contributed by atoms with van der Waals surface area (Å²) in [6.45, 7) is 3.20.